The molecule has 0 spiro atoms. The van der Waals surface area contributed by atoms with Crippen molar-refractivity contribution in [1.82, 2.24) is 15.6 Å². The Kier molecular flexibility index (Phi) is 7.77. The van der Waals surface area contributed by atoms with E-state index in [1.807, 2.05) is 0 Å². The van der Waals surface area contributed by atoms with Gasteiger partial charge >= 0.3 is 6.09 Å². The quantitative estimate of drug-likeness (QED) is 0.539. The molecule has 0 bridgehead atoms. The highest BCUT2D eigenvalue weighted by atomic mass is 16.6. The van der Waals surface area contributed by atoms with Crippen molar-refractivity contribution in [3.05, 3.63) is 36.5 Å². The van der Waals surface area contributed by atoms with Crippen LogP contribution in [0.4, 0.5) is 4.79 Å². The van der Waals surface area contributed by atoms with Crippen LogP contribution in [0.3, 0.4) is 0 Å². The number of rotatable bonds is 8. The number of aromatic nitrogens is 1. The van der Waals surface area contributed by atoms with E-state index in [0.29, 0.717) is 0 Å². The average molecular weight is 363 g/mol. The second-order valence-corrected chi connectivity index (χ2v) is 6.42. The first-order chi connectivity index (χ1) is 12.2. The molecule has 0 aromatic carbocycles. The summed E-state index contributed by atoms with van der Waals surface area (Å²) in [5, 5.41) is 4.96. The summed E-state index contributed by atoms with van der Waals surface area (Å²) < 4.78 is 10.2. The largest absolute Gasteiger partial charge is 0.480 e. The van der Waals surface area contributed by atoms with Crippen LogP contribution in [-0.2, 0) is 9.53 Å². The van der Waals surface area contributed by atoms with Crippen LogP contribution in [0.1, 0.15) is 37.6 Å². The van der Waals surface area contributed by atoms with Crippen molar-refractivity contribution in [1.29, 1.82) is 0 Å². The van der Waals surface area contributed by atoms with E-state index >= 15 is 0 Å². The van der Waals surface area contributed by atoms with Gasteiger partial charge in [-0.05, 0) is 39.3 Å². The number of ether oxygens (including phenoxy) is 2. The van der Waals surface area contributed by atoms with Crippen LogP contribution in [0.2, 0.25) is 0 Å². The molecule has 1 rings (SSSR count). The monoisotopic (exact) mass is 363 g/mol. The van der Waals surface area contributed by atoms with E-state index in [0.717, 1.165) is 0 Å². The molecule has 2 N–H and O–H groups in total. The predicted octanol–water partition coefficient (Wildman–Crippen LogP) is 1.86. The number of carbonyl (C=O) groups excluding carboxylic acids is 3. The van der Waals surface area contributed by atoms with Crippen LogP contribution in [0, 0.1) is 0 Å². The molecular weight excluding hydrogens is 338 g/mol. The third kappa shape index (κ3) is 6.92. The maximum atomic E-state index is 12.3. The fourth-order valence-corrected chi connectivity index (χ4v) is 2.00. The number of alkyl carbamates (subject to hydrolysis) is 1. The highest BCUT2D eigenvalue weighted by Crippen LogP contribution is 2.13. The van der Waals surface area contributed by atoms with E-state index < -0.39 is 23.6 Å². The normalized spacial score (nSPS) is 11.8. The van der Waals surface area contributed by atoms with Gasteiger partial charge in [0.1, 0.15) is 11.6 Å². The van der Waals surface area contributed by atoms with Gasteiger partial charge in [0, 0.05) is 6.20 Å². The Balaban J connectivity index is 2.68. The summed E-state index contributed by atoms with van der Waals surface area (Å²) in [4.78, 5) is 40.3. The molecule has 2 amide bonds. The van der Waals surface area contributed by atoms with Gasteiger partial charge in [-0.25, -0.2) is 9.78 Å². The van der Waals surface area contributed by atoms with E-state index in [9.17, 15) is 14.4 Å². The molecule has 26 heavy (non-hydrogen) atoms. The summed E-state index contributed by atoms with van der Waals surface area (Å²) in [5.74, 6) is -0.703. The first-order valence-corrected chi connectivity index (χ1v) is 8.08. The minimum Gasteiger partial charge on any atom is -0.480 e. The molecule has 142 valence electrons. The van der Waals surface area contributed by atoms with Gasteiger partial charge in [0.25, 0.3) is 0 Å². The molecule has 0 aliphatic carbocycles. The zero-order chi connectivity index (χ0) is 19.7. The van der Waals surface area contributed by atoms with Crippen LogP contribution < -0.4 is 15.4 Å². The molecule has 1 aromatic heterocycles. The fraction of sp³-hybridized carbons (Fsp3) is 0.444. The Morgan fingerprint density at radius 2 is 2.04 bits per heavy atom. The molecule has 1 heterocycles. The first-order valence-electron chi connectivity index (χ1n) is 8.08. The molecule has 0 saturated carbocycles. The number of carbonyl (C=O) groups is 3. The van der Waals surface area contributed by atoms with Crippen LogP contribution in [0.25, 0.3) is 0 Å². The van der Waals surface area contributed by atoms with E-state index in [1.165, 1.54) is 19.4 Å². The lowest BCUT2D eigenvalue weighted by molar-refractivity contribution is -0.122. The maximum Gasteiger partial charge on any atom is 0.408 e. The van der Waals surface area contributed by atoms with E-state index in [4.69, 9.17) is 9.47 Å². The van der Waals surface area contributed by atoms with Gasteiger partial charge in [0.05, 0.1) is 19.2 Å². The number of nitrogens with one attached hydrogen (secondary N) is 2. The lowest BCUT2D eigenvalue weighted by Crippen LogP contribution is -2.48. The summed E-state index contributed by atoms with van der Waals surface area (Å²) in [7, 11) is 1.41. The van der Waals surface area contributed by atoms with Gasteiger partial charge in [0.15, 0.2) is 5.78 Å². The Morgan fingerprint density at radius 3 is 2.62 bits per heavy atom. The highest BCUT2D eigenvalue weighted by Gasteiger charge is 2.24. The van der Waals surface area contributed by atoms with Crippen molar-refractivity contribution in [2.75, 3.05) is 13.7 Å². The minimum absolute atomic E-state index is 0.182. The Labute approximate surface area is 153 Å². The second-order valence-electron chi connectivity index (χ2n) is 6.42. The van der Waals surface area contributed by atoms with Gasteiger partial charge in [-0.3, -0.25) is 9.59 Å². The maximum absolute atomic E-state index is 12.3. The average Bonchev–Trinajstić information content (AvgIpc) is 2.57. The lowest BCUT2D eigenvalue weighted by atomic mass is 10.1. The molecule has 8 nitrogen and oxygen atoms in total. The third-order valence-electron chi connectivity index (χ3n) is 3.10. The topological polar surface area (TPSA) is 107 Å². The van der Waals surface area contributed by atoms with Crippen LogP contribution in [-0.4, -0.2) is 48.1 Å². The summed E-state index contributed by atoms with van der Waals surface area (Å²) >= 11 is 0. The minimum atomic E-state index is -0.897. The summed E-state index contributed by atoms with van der Waals surface area (Å²) in [6.07, 6.45) is 2.46. The molecule has 0 fully saturated rings. The van der Waals surface area contributed by atoms with Crippen LogP contribution in [0.5, 0.6) is 5.88 Å². The smallest absolute Gasteiger partial charge is 0.408 e. The van der Waals surface area contributed by atoms with Crippen molar-refractivity contribution < 1.29 is 23.9 Å². The van der Waals surface area contributed by atoms with Gasteiger partial charge in [0.2, 0.25) is 11.8 Å². The number of amides is 2. The molecular formula is C18H25N3O5. The number of hydrogen-bond donors (Lipinski definition) is 2. The zero-order valence-electron chi connectivity index (χ0n) is 15.5. The van der Waals surface area contributed by atoms with Crippen molar-refractivity contribution in [3.63, 3.8) is 0 Å². The molecule has 0 aliphatic heterocycles. The van der Waals surface area contributed by atoms with Crippen LogP contribution >= 0.6 is 0 Å². The van der Waals surface area contributed by atoms with E-state index in [-0.39, 0.29) is 30.2 Å². The van der Waals surface area contributed by atoms with Crippen molar-refractivity contribution in [2.45, 2.75) is 38.8 Å². The number of Topliss-reactive ketones (excluding diaryl/α,β-unsaturated/α-hetero) is 1. The number of nitrogens with zero attached hydrogens (tertiary/aromatic N) is 1. The molecule has 8 heteroatoms. The number of methoxy groups -OCH3 is 1. The highest BCUT2D eigenvalue weighted by molar-refractivity contribution is 6.01. The van der Waals surface area contributed by atoms with Crippen molar-refractivity contribution in [3.8, 4) is 5.88 Å². The first kappa shape index (κ1) is 21.1. The van der Waals surface area contributed by atoms with Crippen molar-refractivity contribution >= 4 is 17.8 Å². The third-order valence-corrected chi connectivity index (χ3v) is 3.10. The molecule has 1 aromatic rings. The lowest BCUT2D eigenvalue weighted by Gasteiger charge is -2.22. The van der Waals surface area contributed by atoms with Crippen molar-refractivity contribution in [2.24, 2.45) is 0 Å². The fourth-order valence-electron chi connectivity index (χ4n) is 2.00. The van der Waals surface area contributed by atoms with Gasteiger partial charge in [-0.15, -0.1) is 6.58 Å². The number of ketones is 1. The van der Waals surface area contributed by atoms with Gasteiger partial charge in [-0.1, -0.05) is 6.08 Å². The Bertz CT molecular complexity index is 667. The van der Waals surface area contributed by atoms with Crippen LogP contribution in [0.15, 0.2) is 31.0 Å². The molecule has 0 radical (unpaired) electrons. The Morgan fingerprint density at radius 1 is 1.35 bits per heavy atom. The Hall–Kier alpha value is -2.90. The SMILES string of the molecule is C=CC[C@H](NC(=O)OC(C)(C)C)C(=O)NCC(=O)c1cccnc1OC. The van der Waals surface area contributed by atoms with E-state index in [1.54, 1.807) is 32.9 Å². The zero-order valence-corrected chi connectivity index (χ0v) is 15.5. The molecule has 0 aliphatic rings. The second kappa shape index (κ2) is 9.55. The summed E-state index contributed by atoms with van der Waals surface area (Å²) in [6, 6.07) is 2.26. The molecule has 1 atom stereocenters. The number of hydrogen-bond acceptors (Lipinski definition) is 6. The number of pyridine rings is 1. The molecule has 0 saturated heterocycles. The van der Waals surface area contributed by atoms with E-state index in [2.05, 4.69) is 22.2 Å². The van der Waals surface area contributed by atoms with Gasteiger partial charge in [-0.2, -0.15) is 0 Å². The predicted molar refractivity (Wildman–Crippen MR) is 96.1 cm³/mol. The molecule has 0 unspecified atom stereocenters. The summed E-state index contributed by atoms with van der Waals surface area (Å²) in [6.45, 7) is 8.46. The summed E-state index contributed by atoms with van der Waals surface area (Å²) in [5.41, 5.74) is -0.428. The standard InChI is InChI=1S/C18H25N3O5/c1-6-8-13(21-17(24)26-18(2,3)4)15(23)20-11-14(22)12-9-7-10-19-16(12)25-5/h6-7,9-10,13H,1,8,11H2,2-5H3,(H,20,23)(H,21,24)/t13-/m0/s1. The van der Waals surface area contributed by atoms with Gasteiger partial charge < -0.3 is 20.1 Å².